The summed E-state index contributed by atoms with van der Waals surface area (Å²) in [6.07, 6.45) is 2.51. The molecule has 1 N–H and O–H groups in total. The van der Waals surface area contributed by atoms with Crippen molar-refractivity contribution in [3.05, 3.63) is 51.4 Å². The Balaban J connectivity index is 2.20. The van der Waals surface area contributed by atoms with Crippen molar-refractivity contribution in [1.82, 2.24) is 4.98 Å². The molecular weight excluding hydrogens is 242 g/mol. The van der Waals surface area contributed by atoms with Gasteiger partial charge >= 0.3 is 0 Å². The van der Waals surface area contributed by atoms with Gasteiger partial charge in [0.15, 0.2) is 0 Å². The van der Waals surface area contributed by atoms with Crippen molar-refractivity contribution in [3.8, 4) is 0 Å². The van der Waals surface area contributed by atoms with Gasteiger partial charge in [0.1, 0.15) is 0 Å². The Labute approximate surface area is 104 Å². The smallest absolute Gasteiger partial charge is 0.0931 e. The van der Waals surface area contributed by atoms with Crippen LogP contribution in [0.3, 0.4) is 0 Å². The van der Waals surface area contributed by atoms with Gasteiger partial charge in [-0.25, -0.2) is 4.98 Å². The Kier molecular flexibility index (Phi) is 3.93. The summed E-state index contributed by atoms with van der Waals surface area (Å²) in [5, 5.41) is 13.1. The molecule has 0 amide bonds. The van der Waals surface area contributed by atoms with Gasteiger partial charge in [-0.3, -0.25) is 0 Å². The third-order valence-electron chi connectivity index (χ3n) is 2.47. The zero-order valence-corrected chi connectivity index (χ0v) is 10.2. The first kappa shape index (κ1) is 11.6. The highest BCUT2D eigenvalue weighted by atomic mass is 35.5. The van der Waals surface area contributed by atoms with E-state index >= 15 is 0 Å². The molecule has 0 aliphatic heterocycles. The number of nitrogens with zero attached hydrogens (tertiary/aromatic N) is 1. The number of halogens is 1. The highest BCUT2D eigenvalue weighted by molar-refractivity contribution is 7.09. The van der Waals surface area contributed by atoms with Crippen LogP contribution >= 0.6 is 22.9 Å². The molecule has 84 valence electrons. The van der Waals surface area contributed by atoms with Gasteiger partial charge in [0.25, 0.3) is 0 Å². The summed E-state index contributed by atoms with van der Waals surface area (Å²) < 4.78 is 0. The Morgan fingerprint density at radius 3 is 2.81 bits per heavy atom. The quantitative estimate of drug-likeness (QED) is 0.908. The lowest BCUT2D eigenvalue weighted by Gasteiger charge is -2.14. The second-order valence-corrected chi connectivity index (χ2v) is 4.92. The standard InChI is InChI=1S/C12H12ClNOS/c13-11-4-2-1-3-10(11)9(8-15)7-12-14-5-6-16-12/h1-6,9,15H,7-8H2. The molecule has 0 spiro atoms. The van der Waals surface area contributed by atoms with Crippen molar-refractivity contribution < 1.29 is 5.11 Å². The molecule has 1 unspecified atom stereocenters. The van der Waals surface area contributed by atoms with E-state index in [1.165, 1.54) is 0 Å². The highest BCUT2D eigenvalue weighted by Crippen LogP contribution is 2.27. The lowest BCUT2D eigenvalue weighted by atomic mass is 9.97. The van der Waals surface area contributed by atoms with E-state index in [0.29, 0.717) is 5.02 Å². The fourth-order valence-corrected chi connectivity index (χ4v) is 2.63. The fourth-order valence-electron chi connectivity index (χ4n) is 1.64. The van der Waals surface area contributed by atoms with Crippen LogP contribution in [0.5, 0.6) is 0 Å². The highest BCUT2D eigenvalue weighted by Gasteiger charge is 2.15. The Morgan fingerprint density at radius 2 is 2.19 bits per heavy atom. The van der Waals surface area contributed by atoms with Crippen molar-refractivity contribution in [2.24, 2.45) is 0 Å². The number of thiazole rings is 1. The van der Waals surface area contributed by atoms with E-state index in [0.717, 1.165) is 17.0 Å². The molecule has 16 heavy (non-hydrogen) atoms. The molecule has 4 heteroatoms. The second-order valence-electron chi connectivity index (χ2n) is 3.53. The van der Waals surface area contributed by atoms with Gasteiger partial charge in [0, 0.05) is 28.9 Å². The third-order valence-corrected chi connectivity index (χ3v) is 3.62. The molecule has 1 aromatic carbocycles. The average molecular weight is 254 g/mol. The minimum absolute atomic E-state index is 0.0276. The van der Waals surface area contributed by atoms with Crippen LogP contribution in [0.4, 0.5) is 0 Å². The molecule has 0 bridgehead atoms. The molecule has 0 saturated carbocycles. The minimum Gasteiger partial charge on any atom is -0.396 e. The van der Waals surface area contributed by atoms with E-state index in [1.807, 2.05) is 29.6 Å². The van der Waals surface area contributed by atoms with Crippen LogP contribution in [-0.4, -0.2) is 16.7 Å². The number of aromatic nitrogens is 1. The number of rotatable bonds is 4. The fraction of sp³-hybridized carbons (Fsp3) is 0.250. The molecule has 0 radical (unpaired) electrons. The van der Waals surface area contributed by atoms with E-state index in [-0.39, 0.29) is 12.5 Å². The van der Waals surface area contributed by atoms with Crippen molar-refractivity contribution in [2.45, 2.75) is 12.3 Å². The molecule has 2 nitrogen and oxygen atoms in total. The number of aliphatic hydroxyl groups is 1. The molecule has 1 aromatic heterocycles. The van der Waals surface area contributed by atoms with E-state index in [1.54, 1.807) is 17.5 Å². The van der Waals surface area contributed by atoms with Gasteiger partial charge in [-0.15, -0.1) is 11.3 Å². The molecule has 2 rings (SSSR count). The van der Waals surface area contributed by atoms with Crippen molar-refractivity contribution in [2.75, 3.05) is 6.61 Å². The molecule has 0 saturated heterocycles. The first-order valence-electron chi connectivity index (χ1n) is 5.05. The van der Waals surface area contributed by atoms with E-state index in [9.17, 15) is 5.11 Å². The van der Waals surface area contributed by atoms with Crippen LogP contribution in [0.15, 0.2) is 35.8 Å². The van der Waals surface area contributed by atoms with Gasteiger partial charge in [-0.05, 0) is 11.6 Å². The van der Waals surface area contributed by atoms with Gasteiger partial charge in [0.05, 0.1) is 11.6 Å². The van der Waals surface area contributed by atoms with Crippen LogP contribution in [0.2, 0.25) is 5.02 Å². The normalized spacial score (nSPS) is 12.6. The van der Waals surface area contributed by atoms with Gasteiger partial charge in [-0.2, -0.15) is 0 Å². The summed E-state index contributed by atoms with van der Waals surface area (Å²) in [5.41, 5.74) is 0.988. The maximum atomic E-state index is 9.42. The summed E-state index contributed by atoms with van der Waals surface area (Å²) in [7, 11) is 0. The monoisotopic (exact) mass is 253 g/mol. The summed E-state index contributed by atoms with van der Waals surface area (Å²) >= 11 is 7.71. The molecule has 2 aromatic rings. The number of aliphatic hydroxyl groups excluding tert-OH is 1. The zero-order valence-electron chi connectivity index (χ0n) is 8.64. The Bertz CT molecular complexity index is 444. The van der Waals surface area contributed by atoms with Crippen molar-refractivity contribution >= 4 is 22.9 Å². The first-order valence-corrected chi connectivity index (χ1v) is 6.30. The minimum atomic E-state index is 0.0276. The van der Waals surface area contributed by atoms with E-state index in [2.05, 4.69) is 4.98 Å². The lowest BCUT2D eigenvalue weighted by molar-refractivity contribution is 0.264. The summed E-state index contributed by atoms with van der Waals surface area (Å²) in [6, 6.07) is 7.63. The predicted octanol–water partition coefficient (Wildman–Crippen LogP) is 3.12. The molecule has 1 heterocycles. The zero-order chi connectivity index (χ0) is 11.4. The number of hydrogen-bond donors (Lipinski definition) is 1. The van der Waals surface area contributed by atoms with Crippen LogP contribution < -0.4 is 0 Å². The summed E-state index contributed by atoms with van der Waals surface area (Å²) in [4.78, 5) is 4.22. The van der Waals surface area contributed by atoms with Gasteiger partial charge < -0.3 is 5.11 Å². The van der Waals surface area contributed by atoms with Crippen LogP contribution in [0, 0.1) is 0 Å². The Morgan fingerprint density at radius 1 is 1.38 bits per heavy atom. The topological polar surface area (TPSA) is 33.1 Å². The average Bonchev–Trinajstić information content (AvgIpc) is 2.80. The molecule has 1 atom stereocenters. The maximum Gasteiger partial charge on any atom is 0.0931 e. The van der Waals surface area contributed by atoms with E-state index < -0.39 is 0 Å². The maximum absolute atomic E-state index is 9.42. The van der Waals surface area contributed by atoms with Crippen LogP contribution in [0.1, 0.15) is 16.5 Å². The van der Waals surface area contributed by atoms with Crippen LogP contribution in [-0.2, 0) is 6.42 Å². The van der Waals surface area contributed by atoms with Gasteiger partial charge in [0.2, 0.25) is 0 Å². The second kappa shape index (κ2) is 5.43. The number of benzene rings is 1. The largest absolute Gasteiger partial charge is 0.396 e. The SMILES string of the molecule is OCC(Cc1nccs1)c1ccccc1Cl. The third kappa shape index (κ3) is 2.61. The predicted molar refractivity (Wildman–Crippen MR) is 67.1 cm³/mol. The molecular formula is C12H12ClNOS. The first-order chi connectivity index (χ1) is 7.81. The molecule has 0 aliphatic rings. The van der Waals surface area contributed by atoms with Crippen molar-refractivity contribution in [1.29, 1.82) is 0 Å². The summed E-state index contributed by atoms with van der Waals surface area (Å²) in [5.74, 6) is 0.0276. The van der Waals surface area contributed by atoms with Crippen LogP contribution in [0.25, 0.3) is 0 Å². The van der Waals surface area contributed by atoms with Gasteiger partial charge in [-0.1, -0.05) is 29.8 Å². The summed E-state index contributed by atoms with van der Waals surface area (Å²) in [6.45, 7) is 0.0866. The lowest BCUT2D eigenvalue weighted by Crippen LogP contribution is -2.08. The van der Waals surface area contributed by atoms with Crippen molar-refractivity contribution in [3.63, 3.8) is 0 Å². The van der Waals surface area contributed by atoms with E-state index in [4.69, 9.17) is 11.6 Å². The molecule has 0 fully saturated rings. The Hall–Kier alpha value is -0.900. The molecule has 0 aliphatic carbocycles. The number of hydrogen-bond acceptors (Lipinski definition) is 3.